The lowest BCUT2D eigenvalue weighted by Crippen LogP contribution is -2.07. The van der Waals surface area contributed by atoms with Gasteiger partial charge in [-0.2, -0.15) is 5.10 Å². The summed E-state index contributed by atoms with van der Waals surface area (Å²) in [7, 11) is 0. The molecule has 0 aliphatic rings. The quantitative estimate of drug-likeness (QED) is 0.429. The second-order valence-electron chi connectivity index (χ2n) is 5.96. The van der Waals surface area contributed by atoms with Crippen LogP contribution in [0.3, 0.4) is 0 Å². The van der Waals surface area contributed by atoms with Crippen molar-refractivity contribution in [3.63, 3.8) is 0 Å². The predicted molar refractivity (Wildman–Crippen MR) is 108 cm³/mol. The fourth-order valence-electron chi connectivity index (χ4n) is 3.07. The summed E-state index contributed by atoms with van der Waals surface area (Å²) < 4.78 is 2.35. The van der Waals surface area contributed by atoms with Crippen molar-refractivity contribution in [2.45, 2.75) is 33.4 Å². The van der Waals surface area contributed by atoms with E-state index in [2.05, 4.69) is 53.2 Å². The molecule has 0 fully saturated rings. The molecule has 0 spiro atoms. The van der Waals surface area contributed by atoms with Gasteiger partial charge in [0.05, 0.1) is 12.8 Å². The monoisotopic (exact) mass is 373 g/mol. The van der Waals surface area contributed by atoms with Crippen LogP contribution in [-0.4, -0.2) is 10.8 Å². The Bertz CT molecular complexity index is 892. The van der Waals surface area contributed by atoms with E-state index in [0.29, 0.717) is 16.6 Å². The van der Waals surface area contributed by atoms with Gasteiger partial charge in [-0.1, -0.05) is 54.4 Å². The van der Waals surface area contributed by atoms with Crippen molar-refractivity contribution in [2.75, 3.05) is 0 Å². The van der Waals surface area contributed by atoms with E-state index in [1.54, 1.807) is 0 Å². The summed E-state index contributed by atoms with van der Waals surface area (Å²) in [4.78, 5) is 0. The minimum Gasteiger partial charge on any atom is -0.344 e. The first-order valence-electron chi connectivity index (χ1n) is 8.40. The fourth-order valence-corrected chi connectivity index (χ4v) is 3.60. The molecule has 2 aromatic carbocycles. The molecule has 0 saturated carbocycles. The first-order chi connectivity index (χ1) is 12.1. The highest BCUT2D eigenvalue weighted by molar-refractivity contribution is 6.35. The van der Waals surface area contributed by atoms with Gasteiger partial charge < -0.3 is 9.99 Å². The minimum absolute atomic E-state index is 0.488. The third kappa shape index (κ3) is 3.68. The van der Waals surface area contributed by atoms with E-state index in [-0.39, 0.29) is 0 Å². The molecule has 3 nitrogen and oxygen atoms in total. The van der Waals surface area contributed by atoms with Gasteiger partial charge in [0.25, 0.3) is 0 Å². The Morgan fingerprint density at radius 1 is 1.08 bits per heavy atom. The highest BCUT2D eigenvalue weighted by atomic mass is 35.5. The zero-order chi connectivity index (χ0) is 17.8. The zero-order valence-electron chi connectivity index (χ0n) is 14.4. The van der Waals surface area contributed by atoms with Crippen molar-refractivity contribution in [1.29, 1.82) is 0 Å². The summed E-state index contributed by atoms with van der Waals surface area (Å²) in [5.41, 5.74) is 7.53. The second kappa shape index (κ2) is 7.94. The highest BCUT2D eigenvalue weighted by Crippen LogP contribution is 2.25. The van der Waals surface area contributed by atoms with E-state index >= 15 is 0 Å². The normalized spacial score (nSPS) is 11.5. The lowest BCUT2D eigenvalue weighted by atomic mass is 10.1. The molecule has 5 heteroatoms. The van der Waals surface area contributed by atoms with Gasteiger partial charge in [0.1, 0.15) is 0 Å². The molecule has 0 amide bonds. The molecule has 1 N–H and O–H groups in total. The SMILES string of the molecule is CCCn1c(C)c(/C=N\NCc2c(Cl)cccc2Cl)c2ccccc21. The lowest BCUT2D eigenvalue weighted by Gasteiger charge is -2.06. The van der Waals surface area contributed by atoms with Crippen molar-refractivity contribution < 1.29 is 0 Å². The molecular formula is C20H21Cl2N3. The van der Waals surface area contributed by atoms with Crippen molar-refractivity contribution in [3.8, 4) is 0 Å². The van der Waals surface area contributed by atoms with Gasteiger partial charge in [0, 0.05) is 44.3 Å². The number of nitrogens with one attached hydrogen (secondary N) is 1. The summed E-state index contributed by atoms with van der Waals surface area (Å²) in [6.45, 7) is 5.82. The number of hydrogen-bond acceptors (Lipinski definition) is 2. The Balaban J connectivity index is 1.83. The summed E-state index contributed by atoms with van der Waals surface area (Å²) in [5, 5.41) is 6.90. The van der Waals surface area contributed by atoms with Crippen molar-refractivity contribution in [2.24, 2.45) is 5.10 Å². The van der Waals surface area contributed by atoms with E-state index in [9.17, 15) is 0 Å². The smallest absolute Gasteiger partial charge is 0.0609 e. The maximum atomic E-state index is 6.19. The van der Waals surface area contributed by atoms with Crippen LogP contribution in [-0.2, 0) is 13.1 Å². The number of rotatable bonds is 6. The van der Waals surface area contributed by atoms with Crippen LogP contribution >= 0.6 is 23.2 Å². The van der Waals surface area contributed by atoms with Gasteiger partial charge in [-0.25, -0.2) is 0 Å². The number of nitrogens with zero attached hydrogens (tertiary/aromatic N) is 2. The molecule has 0 aliphatic carbocycles. The Kier molecular flexibility index (Phi) is 5.67. The molecule has 130 valence electrons. The summed E-state index contributed by atoms with van der Waals surface area (Å²) in [6, 6.07) is 13.9. The van der Waals surface area contributed by atoms with E-state index in [4.69, 9.17) is 23.2 Å². The van der Waals surface area contributed by atoms with Crippen molar-refractivity contribution in [3.05, 3.63) is 69.3 Å². The molecule has 0 bridgehead atoms. The Morgan fingerprint density at radius 3 is 2.52 bits per heavy atom. The second-order valence-corrected chi connectivity index (χ2v) is 6.78. The van der Waals surface area contributed by atoms with E-state index < -0.39 is 0 Å². The Labute approximate surface area is 158 Å². The molecule has 1 aromatic heterocycles. The van der Waals surface area contributed by atoms with E-state index in [1.807, 2.05) is 24.4 Å². The van der Waals surface area contributed by atoms with Gasteiger partial charge in [-0.15, -0.1) is 0 Å². The zero-order valence-corrected chi connectivity index (χ0v) is 15.9. The van der Waals surface area contributed by atoms with Gasteiger partial charge in [-0.05, 0) is 31.5 Å². The number of benzene rings is 2. The van der Waals surface area contributed by atoms with Crippen LogP contribution in [0.4, 0.5) is 0 Å². The number of para-hydroxylation sites is 1. The van der Waals surface area contributed by atoms with Gasteiger partial charge in [0.2, 0.25) is 0 Å². The third-order valence-corrected chi connectivity index (χ3v) is 5.04. The van der Waals surface area contributed by atoms with Crippen molar-refractivity contribution >= 4 is 40.3 Å². The summed E-state index contributed by atoms with van der Waals surface area (Å²) in [5.74, 6) is 0. The molecule has 0 radical (unpaired) electrons. The van der Waals surface area contributed by atoms with Gasteiger partial charge in [-0.3, -0.25) is 0 Å². The minimum atomic E-state index is 0.488. The highest BCUT2D eigenvalue weighted by Gasteiger charge is 2.11. The van der Waals surface area contributed by atoms with Crippen LogP contribution < -0.4 is 5.43 Å². The van der Waals surface area contributed by atoms with Crippen LogP contribution in [0, 0.1) is 6.92 Å². The average Bonchev–Trinajstić information content (AvgIpc) is 2.87. The molecule has 0 atom stereocenters. The molecule has 0 aliphatic heterocycles. The summed E-state index contributed by atoms with van der Waals surface area (Å²) >= 11 is 12.4. The molecule has 0 unspecified atom stereocenters. The van der Waals surface area contributed by atoms with Crippen LogP contribution in [0.5, 0.6) is 0 Å². The topological polar surface area (TPSA) is 29.3 Å². The van der Waals surface area contributed by atoms with Gasteiger partial charge >= 0.3 is 0 Å². The van der Waals surface area contributed by atoms with Crippen LogP contribution in [0.1, 0.15) is 30.2 Å². The number of hydrazone groups is 1. The average molecular weight is 374 g/mol. The Hall–Kier alpha value is -1.97. The standard InChI is InChI=1S/C20H21Cl2N3/c1-3-11-25-14(2)16(15-7-4-5-10-20(15)25)12-23-24-13-17-18(21)8-6-9-19(17)22/h4-10,12,24H,3,11,13H2,1-2H3/b23-12-. The molecule has 1 heterocycles. The Morgan fingerprint density at radius 2 is 1.80 bits per heavy atom. The number of halogens is 2. The van der Waals surface area contributed by atoms with Crippen LogP contribution in [0.2, 0.25) is 10.0 Å². The first kappa shape index (κ1) is 17.8. The van der Waals surface area contributed by atoms with E-state index in [0.717, 1.165) is 24.1 Å². The summed E-state index contributed by atoms with van der Waals surface area (Å²) in [6.07, 6.45) is 2.98. The number of hydrogen-bond donors (Lipinski definition) is 1. The third-order valence-electron chi connectivity index (χ3n) is 4.33. The number of aromatic nitrogens is 1. The lowest BCUT2D eigenvalue weighted by molar-refractivity contribution is 0.685. The van der Waals surface area contributed by atoms with Crippen LogP contribution in [0.15, 0.2) is 47.6 Å². The molecular weight excluding hydrogens is 353 g/mol. The fraction of sp³-hybridized carbons (Fsp3) is 0.250. The first-order valence-corrected chi connectivity index (χ1v) is 9.15. The maximum Gasteiger partial charge on any atom is 0.0609 e. The maximum absolute atomic E-state index is 6.19. The molecule has 3 rings (SSSR count). The molecule has 3 aromatic rings. The van der Waals surface area contributed by atoms with Crippen LogP contribution in [0.25, 0.3) is 10.9 Å². The number of fused-ring (bicyclic) bond motifs is 1. The largest absolute Gasteiger partial charge is 0.344 e. The van der Waals surface area contributed by atoms with Crippen molar-refractivity contribution in [1.82, 2.24) is 9.99 Å². The molecule has 0 saturated heterocycles. The predicted octanol–water partition coefficient (Wildman–Crippen LogP) is 5.79. The van der Waals surface area contributed by atoms with E-state index in [1.165, 1.54) is 16.6 Å². The van der Waals surface area contributed by atoms with Gasteiger partial charge in [0.15, 0.2) is 0 Å². The molecule has 25 heavy (non-hydrogen) atoms. The number of aryl methyl sites for hydroxylation is 1.